The first-order valence-electron chi connectivity index (χ1n) is 6.00. The molecule has 1 atom stereocenters. The standard InChI is InChI=1S/C12H17FN2O4/c1-2-5-14-7-10(16)8-19-12-6-9(13)3-4-11(12)15(17)18/h3-4,6,10,14,16H,2,5,7-8H2,1H3. The van der Waals surface area contributed by atoms with Crippen molar-refractivity contribution in [3.63, 3.8) is 0 Å². The molecule has 0 aliphatic heterocycles. The monoisotopic (exact) mass is 272 g/mol. The minimum Gasteiger partial charge on any atom is -0.484 e. The number of ether oxygens (including phenoxy) is 1. The van der Waals surface area contributed by atoms with Crippen molar-refractivity contribution in [3.8, 4) is 5.75 Å². The van der Waals surface area contributed by atoms with Crippen molar-refractivity contribution in [2.75, 3.05) is 19.7 Å². The largest absolute Gasteiger partial charge is 0.484 e. The lowest BCUT2D eigenvalue weighted by Gasteiger charge is -2.13. The summed E-state index contributed by atoms with van der Waals surface area (Å²) in [6, 6.07) is 2.96. The first-order valence-corrected chi connectivity index (χ1v) is 6.00. The number of hydrogen-bond donors (Lipinski definition) is 2. The van der Waals surface area contributed by atoms with Crippen molar-refractivity contribution in [2.45, 2.75) is 19.4 Å². The third kappa shape index (κ3) is 5.19. The van der Waals surface area contributed by atoms with Crippen LogP contribution in [0, 0.1) is 15.9 Å². The fraction of sp³-hybridized carbons (Fsp3) is 0.500. The Morgan fingerprint density at radius 3 is 2.95 bits per heavy atom. The van der Waals surface area contributed by atoms with Crippen LogP contribution in [0.4, 0.5) is 10.1 Å². The van der Waals surface area contributed by atoms with Crippen LogP contribution in [0.2, 0.25) is 0 Å². The maximum Gasteiger partial charge on any atom is 0.311 e. The van der Waals surface area contributed by atoms with Gasteiger partial charge in [-0.1, -0.05) is 6.92 Å². The summed E-state index contributed by atoms with van der Waals surface area (Å²) in [6.07, 6.45) is 0.123. The molecular formula is C12H17FN2O4. The maximum atomic E-state index is 13.0. The number of aliphatic hydroxyl groups excluding tert-OH is 1. The first kappa shape index (κ1) is 15.3. The first-order chi connectivity index (χ1) is 9.04. The Balaban J connectivity index is 2.56. The molecule has 0 saturated heterocycles. The van der Waals surface area contributed by atoms with Crippen molar-refractivity contribution < 1.29 is 19.2 Å². The van der Waals surface area contributed by atoms with Crippen molar-refractivity contribution >= 4 is 5.69 Å². The van der Waals surface area contributed by atoms with Gasteiger partial charge in [-0.15, -0.1) is 0 Å². The average molecular weight is 272 g/mol. The summed E-state index contributed by atoms with van der Waals surface area (Å²) in [5.74, 6) is -0.807. The highest BCUT2D eigenvalue weighted by molar-refractivity contribution is 5.46. The second kappa shape index (κ2) is 7.65. The van der Waals surface area contributed by atoms with Gasteiger partial charge in [-0.2, -0.15) is 0 Å². The van der Waals surface area contributed by atoms with Gasteiger partial charge in [0.15, 0.2) is 5.75 Å². The molecule has 0 bridgehead atoms. The van der Waals surface area contributed by atoms with E-state index in [1.165, 1.54) is 0 Å². The predicted molar refractivity (Wildman–Crippen MR) is 67.7 cm³/mol. The summed E-state index contributed by atoms with van der Waals surface area (Å²) in [6.45, 7) is 2.93. The zero-order valence-corrected chi connectivity index (χ0v) is 10.6. The summed E-state index contributed by atoms with van der Waals surface area (Å²) >= 11 is 0. The Morgan fingerprint density at radius 2 is 2.32 bits per heavy atom. The van der Waals surface area contributed by atoms with Crippen LogP contribution in [-0.4, -0.2) is 35.8 Å². The molecule has 0 saturated carbocycles. The molecule has 2 N–H and O–H groups in total. The smallest absolute Gasteiger partial charge is 0.311 e. The number of nitrogens with zero attached hydrogens (tertiary/aromatic N) is 1. The van der Waals surface area contributed by atoms with Gasteiger partial charge in [0, 0.05) is 18.7 Å². The minimum atomic E-state index is -0.811. The van der Waals surface area contributed by atoms with Crippen molar-refractivity contribution in [1.82, 2.24) is 5.32 Å². The third-order valence-electron chi connectivity index (χ3n) is 2.36. The Hall–Kier alpha value is -1.73. The highest BCUT2D eigenvalue weighted by Gasteiger charge is 2.17. The van der Waals surface area contributed by atoms with Crippen molar-refractivity contribution in [1.29, 1.82) is 0 Å². The Morgan fingerprint density at radius 1 is 1.58 bits per heavy atom. The van der Waals surface area contributed by atoms with Gasteiger partial charge in [0.2, 0.25) is 0 Å². The lowest BCUT2D eigenvalue weighted by Crippen LogP contribution is -2.31. The summed E-state index contributed by atoms with van der Waals surface area (Å²) in [4.78, 5) is 10.1. The lowest BCUT2D eigenvalue weighted by atomic mass is 10.3. The SMILES string of the molecule is CCCNCC(O)COc1cc(F)ccc1[N+](=O)[O-]. The number of nitrogens with one attached hydrogen (secondary N) is 1. The number of hydrogen-bond acceptors (Lipinski definition) is 5. The number of halogens is 1. The Bertz CT molecular complexity index is 428. The fourth-order valence-corrected chi connectivity index (χ4v) is 1.44. The summed E-state index contributed by atoms with van der Waals surface area (Å²) in [7, 11) is 0. The highest BCUT2D eigenvalue weighted by Crippen LogP contribution is 2.27. The van der Waals surface area contributed by atoms with E-state index >= 15 is 0 Å². The zero-order valence-electron chi connectivity index (χ0n) is 10.6. The van der Waals surface area contributed by atoms with E-state index < -0.39 is 16.8 Å². The van der Waals surface area contributed by atoms with Crippen LogP contribution in [0.15, 0.2) is 18.2 Å². The molecule has 0 aromatic heterocycles. The molecule has 0 spiro atoms. The van der Waals surface area contributed by atoms with Gasteiger partial charge in [0.05, 0.1) is 4.92 Å². The predicted octanol–water partition coefficient (Wildman–Crippen LogP) is 1.47. The van der Waals surface area contributed by atoms with E-state index in [9.17, 15) is 19.6 Å². The number of nitro groups is 1. The normalized spacial score (nSPS) is 12.2. The van der Waals surface area contributed by atoms with Gasteiger partial charge in [-0.3, -0.25) is 10.1 Å². The van der Waals surface area contributed by atoms with Crippen molar-refractivity contribution in [3.05, 3.63) is 34.1 Å². The third-order valence-corrected chi connectivity index (χ3v) is 2.36. The van der Waals surface area contributed by atoms with E-state index in [0.29, 0.717) is 6.54 Å². The summed E-state index contributed by atoms with van der Waals surface area (Å²) in [5, 5.41) is 23.3. The second-order valence-corrected chi connectivity index (χ2v) is 4.04. The van der Waals surface area contributed by atoms with E-state index in [1.54, 1.807) is 0 Å². The maximum absolute atomic E-state index is 13.0. The number of benzene rings is 1. The van der Waals surface area contributed by atoms with Gasteiger partial charge < -0.3 is 15.2 Å². The quantitative estimate of drug-likeness (QED) is 0.425. The molecule has 6 nitrogen and oxygen atoms in total. The molecule has 0 amide bonds. The molecule has 0 aliphatic carbocycles. The number of aliphatic hydroxyl groups is 1. The molecule has 1 aromatic carbocycles. The van der Waals surface area contributed by atoms with Gasteiger partial charge in [0.1, 0.15) is 18.5 Å². The minimum absolute atomic E-state index is 0.138. The topological polar surface area (TPSA) is 84.6 Å². The molecule has 0 radical (unpaired) electrons. The number of rotatable bonds is 8. The average Bonchev–Trinajstić information content (AvgIpc) is 2.36. The second-order valence-electron chi connectivity index (χ2n) is 4.04. The van der Waals surface area contributed by atoms with Crippen molar-refractivity contribution in [2.24, 2.45) is 0 Å². The van der Waals surface area contributed by atoms with Gasteiger partial charge in [-0.05, 0) is 19.0 Å². The zero-order chi connectivity index (χ0) is 14.3. The van der Waals surface area contributed by atoms with E-state index in [1.807, 2.05) is 6.92 Å². The highest BCUT2D eigenvalue weighted by atomic mass is 19.1. The van der Waals surface area contributed by atoms with Gasteiger partial charge in [0.25, 0.3) is 0 Å². The molecule has 0 fully saturated rings. The van der Waals surface area contributed by atoms with Crippen LogP contribution >= 0.6 is 0 Å². The summed E-state index contributed by atoms with van der Waals surface area (Å²) in [5.41, 5.74) is -0.324. The number of nitro benzene ring substituents is 1. The van der Waals surface area contributed by atoms with Crippen LogP contribution in [0.3, 0.4) is 0 Å². The van der Waals surface area contributed by atoms with Crippen LogP contribution < -0.4 is 10.1 Å². The molecule has 19 heavy (non-hydrogen) atoms. The molecule has 0 heterocycles. The summed E-state index contributed by atoms with van der Waals surface area (Å²) < 4.78 is 18.1. The Labute approximate surface area is 110 Å². The molecular weight excluding hydrogens is 255 g/mol. The van der Waals surface area contributed by atoms with Crippen LogP contribution in [-0.2, 0) is 0 Å². The van der Waals surface area contributed by atoms with Crippen LogP contribution in [0.5, 0.6) is 5.75 Å². The molecule has 106 valence electrons. The lowest BCUT2D eigenvalue weighted by molar-refractivity contribution is -0.386. The van der Waals surface area contributed by atoms with E-state index in [0.717, 1.165) is 31.2 Å². The van der Waals surface area contributed by atoms with E-state index in [4.69, 9.17) is 4.74 Å². The molecule has 1 rings (SSSR count). The van der Waals surface area contributed by atoms with Gasteiger partial charge >= 0.3 is 5.69 Å². The molecule has 0 aliphatic rings. The van der Waals surface area contributed by atoms with Crippen LogP contribution in [0.25, 0.3) is 0 Å². The molecule has 7 heteroatoms. The van der Waals surface area contributed by atoms with Gasteiger partial charge in [-0.25, -0.2) is 4.39 Å². The van der Waals surface area contributed by atoms with E-state index in [2.05, 4.69) is 5.32 Å². The molecule has 1 unspecified atom stereocenters. The van der Waals surface area contributed by atoms with E-state index in [-0.39, 0.29) is 18.0 Å². The van der Waals surface area contributed by atoms with Crippen LogP contribution in [0.1, 0.15) is 13.3 Å². The fourth-order valence-electron chi connectivity index (χ4n) is 1.44. The Kier molecular flexibility index (Phi) is 6.17. The molecule has 1 aromatic rings.